The number of fused-ring (bicyclic) bond motifs is 1. The average Bonchev–Trinajstić information content (AvgIpc) is 2.59. The first kappa shape index (κ1) is 14.8. The number of hydrogen-bond acceptors (Lipinski definition) is 3. The minimum absolute atomic E-state index is 0.149. The lowest BCUT2D eigenvalue weighted by Gasteiger charge is -2.27. The molecule has 2 unspecified atom stereocenters. The Morgan fingerprint density at radius 3 is 2.68 bits per heavy atom. The van der Waals surface area contributed by atoms with Gasteiger partial charge >= 0.3 is 0 Å². The second kappa shape index (κ2) is 6.73. The largest absolute Gasteiger partial charge is 0.394 e. The van der Waals surface area contributed by atoms with Crippen molar-refractivity contribution in [1.29, 1.82) is 0 Å². The van der Waals surface area contributed by atoms with Crippen LogP contribution in [0.1, 0.15) is 28.8 Å². The van der Waals surface area contributed by atoms with E-state index in [0.29, 0.717) is 6.61 Å². The Bertz CT molecular complexity index is 642. The molecule has 1 heterocycles. The summed E-state index contributed by atoms with van der Waals surface area (Å²) in [6.07, 6.45) is 0.213. The molecule has 4 heteroatoms. The van der Waals surface area contributed by atoms with Crippen molar-refractivity contribution in [3.05, 3.63) is 71.3 Å². The van der Waals surface area contributed by atoms with Gasteiger partial charge in [-0.2, -0.15) is 0 Å². The first-order valence-electron chi connectivity index (χ1n) is 7.45. The van der Waals surface area contributed by atoms with Gasteiger partial charge in [0.1, 0.15) is 0 Å². The van der Waals surface area contributed by atoms with Gasteiger partial charge in [-0.25, -0.2) is 0 Å². The normalized spacial score (nSPS) is 18.3. The molecule has 2 atom stereocenters. The van der Waals surface area contributed by atoms with Gasteiger partial charge in [0.2, 0.25) is 0 Å². The first-order chi connectivity index (χ1) is 10.8. The second-order valence-electron chi connectivity index (χ2n) is 5.35. The smallest absolute Gasteiger partial charge is 0.254 e. The van der Waals surface area contributed by atoms with Crippen LogP contribution in [0, 0.1) is 0 Å². The van der Waals surface area contributed by atoms with E-state index in [1.165, 1.54) is 0 Å². The Morgan fingerprint density at radius 1 is 1.18 bits per heavy atom. The number of hydrogen-bond donors (Lipinski definition) is 2. The van der Waals surface area contributed by atoms with E-state index in [4.69, 9.17) is 4.74 Å². The highest BCUT2D eigenvalue weighted by molar-refractivity contribution is 5.83. The Morgan fingerprint density at radius 2 is 1.91 bits per heavy atom. The van der Waals surface area contributed by atoms with Crippen molar-refractivity contribution < 1.29 is 14.6 Å². The maximum absolute atomic E-state index is 12.6. The van der Waals surface area contributed by atoms with E-state index in [1.807, 2.05) is 54.6 Å². The van der Waals surface area contributed by atoms with Crippen molar-refractivity contribution in [2.24, 2.45) is 0 Å². The minimum atomic E-state index is -0.609. The monoisotopic (exact) mass is 297 g/mol. The molecule has 1 amide bonds. The van der Waals surface area contributed by atoms with Crippen molar-refractivity contribution in [3.63, 3.8) is 0 Å². The van der Waals surface area contributed by atoms with Gasteiger partial charge in [-0.3, -0.25) is 4.79 Å². The number of ether oxygens (including phenoxy) is 1. The van der Waals surface area contributed by atoms with Crippen molar-refractivity contribution in [3.8, 4) is 0 Å². The van der Waals surface area contributed by atoms with Crippen molar-refractivity contribution in [1.82, 2.24) is 5.32 Å². The van der Waals surface area contributed by atoms with E-state index in [1.54, 1.807) is 0 Å². The molecule has 0 saturated carbocycles. The van der Waals surface area contributed by atoms with Gasteiger partial charge < -0.3 is 15.2 Å². The number of amides is 1. The van der Waals surface area contributed by atoms with E-state index in [2.05, 4.69) is 5.32 Å². The number of benzene rings is 2. The molecule has 2 aromatic rings. The number of rotatable bonds is 4. The summed E-state index contributed by atoms with van der Waals surface area (Å²) in [6, 6.07) is 16.9. The lowest BCUT2D eigenvalue weighted by atomic mass is 9.96. The fourth-order valence-electron chi connectivity index (χ4n) is 2.78. The zero-order valence-electron chi connectivity index (χ0n) is 12.2. The third-order valence-corrected chi connectivity index (χ3v) is 3.93. The SMILES string of the molecule is O=C(NC(CO)c1ccccc1)C1OCCc2ccccc21. The van der Waals surface area contributed by atoms with E-state index in [9.17, 15) is 9.90 Å². The number of carbonyl (C=O) groups excluding carboxylic acids is 1. The maximum atomic E-state index is 12.6. The predicted octanol–water partition coefficient (Wildman–Crippen LogP) is 2.15. The molecule has 0 spiro atoms. The molecule has 0 aromatic heterocycles. The minimum Gasteiger partial charge on any atom is -0.394 e. The summed E-state index contributed by atoms with van der Waals surface area (Å²) < 4.78 is 5.65. The molecule has 2 aromatic carbocycles. The van der Waals surface area contributed by atoms with Crippen LogP contribution >= 0.6 is 0 Å². The number of aliphatic hydroxyl groups excluding tert-OH is 1. The molecule has 4 nitrogen and oxygen atoms in total. The topological polar surface area (TPSA) is 58.6 Å². The van der Waals surface area contributed by atoms with Crippen LogP contribution in [0.25, 0.3) is 0 Å². The van der Waals surface area contributed by atoms with Gasteiger partial charge in [0.25, 0.3) is 5.91 Å². The van der Waals surface area contributed by atoms with E-state index >= 15 is 0 Å². The van der Waals surface area contributed by atoms with E-state index < -0.39 is 12.1 Å². The van der Waals surface area contributed by atoms with Gasteiger partial charge in [0.05, 0.1) is 19.3 Å². The van der Waals surface area contributed by atoms with Crippen molar-refractivity contribution >= 4 is 5.91 Å². The summed E-state index contributed by atoms with van der Waals surface area (Å²) in [5.74, 6) is -0.213. The van der Waals surface area contributed by atoms with Gasteiger partial charge in [-0.15, -0.1) is 0 Å². The van der Waals surface area contributed by atoms with Gasteiger partial charge in [0.15, 0.2) is 6.10 Å². The van der Waals surface area contributed by atoms with Crippen LogP contribution in [0.3, 0.4) is 0 Å². The lowest BCUT2D eigenvalue weighted by molar-refractivity contribution is -0.135. The third kappa shape index (κ3) is 3.03. The highest BCUT2D eigenvalue weighted by Gasteiger charge is 2.28. The molecule has 1 aliphatic heterocycles. The van der Waals surface area contributed by atoms with Crippen LogP contribution in [-0.4, -0.2) is 24.2 Å². The van der Waals surface area contributed by atoms with Crippen LogP contribution in [0.4, 0.5) is 0 Å². The molecule has 0 bridgehead atoms. The zero-order chi connectivity index (χ0) is 15.4. The predicted molar refractivity (Wildman–Crippen MR) is 83.3 cm³/mol. The quantitative estimate of drug-likeness (QED) is 0.909. The second-order valence-corrected chi connectivity index (χ2v) is 5.35. The molecule has 0 fully saturated rings. The summed E-state index contributed by atoms with van der Waals surface area (Å²) in [7, 11) is 0. The Labute approximate surface area is 129 Å². The van der Waals surface area contributed by atoms with E-state index in [0.717, 1.165) is 23.1 Å². The van der Waals surface area contributed by atoms with E-state index in [-0.39, 0.29) is 12.5 Å². The molecule has 0 radical (unpaired) electrons. The van der Waals surface area contributed by atoms with Crippen LogP contribution in [0.15, 0.2) is 54.6 Å². The summed E-state index contributed by atoms with van der Waals surface area (Å²) in [6.45, 7) is 0.383. The Kier molecular flexibility index (Phi) is 4.51. The standard InChI is InChI=1S/C18H19NO3/c20-12-16(14-7-2-1-3-8-14)19-18(21)17-15-9-5-4-6-13(15)10-11-22-17/h1-9,16-17,20H,10-12H2,(H,19,21). The van der Waals surface area contributed by atoms with Gasteiger partial charge in [0, 0.05) is 0 Å². The fraction of sp³-hybridized carbons (Fsp3) is 0.278. The highest BCUT2D eigenvalue weighted by Crippen LogP contribution is 2.27. The number of nitrogens with one attached hydrogen (secondary N) is 1. The lowest BCUT2D eigenvalue weighted by Crippen LogP contribution is -2.37. The molecular weight excluding hydrogens is 278 g/mol. The molecular formula is C18H19NO3. The van der Waals surface area contributed by atoms with Crippen LogP contribution in [0.5, 0.6) is 0 Å². The average molecular weight is 297 g/mol. The summed E-state index contributed by atoms with van der Waals surface area (Å²) >= 11 is 0. The Balaban J connectivity index is 1.77. The molecule has 22 heavy (non-hydrogen) atoms. The molecule has 1 aliphatic rings. The number of carbonyl (C=O) groups is 1. The summed E-state index contributed by atoms with van der Waals surface area (Å²) in [4.78, 5) is 12.6. The van der Waals surface area contributed by atoms with Crippen LogP contribution in [-0.2, 0) is 16.0 Å². The van der Waals surface area contributed by atoms with Crippen LogP contribution in [0.2, 0.25) is 0 Å². The fourth-order valence-corrected chi connectivity index (χ4v) is 2.78. The molecule has 114 valence electrons. The van der Waals surface area contributed by atoms with Crippen molar-refractivity contribution in [2.75, 3.05) is 13.2 Å². The maximum Gasteiger partial charge on any atom is 0.254 e. The number of aliphatic hydroxyl groups is 1. The zero-order valence-corrected chi connectivity index (χ0v) is 12.2. The molecule has 2 N–H and O–H groups in total. The molecule has 0 aliphatic carbocycles. The van der Waals surface area contributed by atoms with Crippen LogP contribution < -0.4 is 5.32 Å². The molecule has 3 rings (SSSR count). The Hall–Kier alpha value is -2.17. The summed E-state index contributed by atoms with van der Waals surface area (Å²) in [5.41, 5.74) is 2.94. The van der Waals surface area contributed by atoms with Gasteiger partial charge in [-0.1, -0.05) is 54.6 Å². The third-order valence-electron chi connectivity index (χ3n) is 3.93. The highest BCUT2D eigenvalue weighted by atomic mass is 16.5. The molecule has 0 saturated heterocycles. The summed E-state index contributed by atoms with van der Waals surface area (Å²) in [5, 5.41) is 12.4. The van der Waals surface area contributed by atoms with Gasteiger partial charge in [-0.05, 0) is 23.1 Å². The first-order valence-corrected chi connectivity index (χ1v) is 7.45. The van der Waals surface area contributed by atoms with Crippen molar-refractivity contribution in [2.45, 2.75) is 18.6 Å².